The molecular weight excluding hydrogens is 397 g/mol. The molecule has 160 valence electrons. The summed E-state index contributed by atoms with van der Waals surface area (Å²) in [5.74, 6) is -0.390. The van der Waals surface area contributed by atoms with Crippen molar-refractivity contribution >= 4 is 11.9 Å². The second-order valence-corrected chi connectivity index (χ2v) is 7.86. The summed E-state index contributed by atoms with van der Waals surface area (Å²) >= 11 is 0. The Kier molecular flexibility index (Phi) is 5.56. The lowest BCUT2D eigenvalue weighted by atomic mass is 10.0. The molecule has 5 N–H and O–H groups in total. The van der Waals surface area contributed by atoms with E-state index in [9.17, 15) is 14.3 Å². The second-order valence-electron chi connectivity index (χ2n) is 7.86. The van der Waals surface area contributed by atoms with Crippen molar-refractivity contribution in [2.45, 2.75) is 25.3 Å². The van der Waals surface area contributed by atoms with Crippen molar-refractivity contribution in [3.05, 3.63) is 71.2 Å². The number of amides is 1. The standard InChI is InChI=1S/C23H24FN5O2/c1-13-2-7-20(30)17(10-13)19-11-18(27-23(26)28-19)15-8-9-29(12-15)22(31)21(25)14-3-5-16(24)6-4-14/h2-7,10-11,15,21,30H,8-9,12,25H2,1H3,(H2,26,27,28). The predicted octanol–water partition coefficient (Wildman–Crippen LogP) is 2.89. The van der Waals surface area contributed by atoms with Gasteiger partial charge in [-0.05, 0) is 49.2 Å². The van der Waals surface area contributed by atoms with Crippen LogP contribution in [0.2, 0.25) is 0 Å². The molecule has 1 amide bonds. The van der Waals surface area contributed by atoms with Crippen LogP contribution < -0.4 is 11.5 Å². The molecule has 0 saturated carbocycles. The maximum atomic E-state index is 13.2. The zero-order valence-electron chi connectivity index (χ0n) is 17.1. The highest BCUT2D eigenvalue weighted by Crippen LogP contribution is 2.33. The Morgan fingerprint density at radius 2 is 1.94 bits per heavy atom. The Morgan fingerprint density at radius 3 is 2.68 bits per heavy atom. The Morgan fingerprint density at radius 1 is 1.19 bits per heavy atom. The van der Waals surface area contributed by atoms with Crippen LogP contribution in [0.15, 0.2) is 48.5 Å². The third-order valence-corrected chi connectivity index (χ3v) is 5.60. The minimum absolute atomic E-state index is 0.0274. The molecule has 2 atom stereocenters. The van der Waals surface area contributed by atoms with Gasteiger partial charge in [-0.3, -0.25) is 4.79 Å². The van der Waals surface area contributed by atoms with Gasteiger partial charge in [0.1, 0.15) is 17.6 Å². The summed E-state index contributed by atoms with van der Waals surface area (Å²) in [4.78, 5) is 23.2. The first-order valence-corrected chi connectivity index (χ1v) is 10.1. The number of aromatic hydroxyl groups is 1. The molecule has 0 radical (unpaired) electrons. The van der Waals surface area contributed by atoms with Gasteiger partial charge in [-0.15, -0.1) is 0 Å². The zero-order valence-corrected chi connectivity index (χ0v) is 17.1. The van der Waals surface area contributed by atoms with Crippen molar-refractivity contribution < 1.29 is 14.3 Å². The second kappa shape index (κ2) is 8.31. The van der Waals surface area contributed by atoms with Crippen LogP contribution in [0.3, 0.4) is 0 Å². The van der Waals surface area contributed by atoms with Crippen LogP contribution in [-0.4, -0.2) is 39.0 Å². The molecule has 1 aromatic heterocycles. The molecule has 7 nitrogen and oxygen atoms in total. The predicted molar refractivity (Wildman–Crippen MR) is 116 cm³/mol. The number of nitrogens with zero attached hydrogens (tertiary/aromatic N) is 3. The van der Waals surface area contributed by atoms with Gasteiger partial charge in [0.05, 0.1) is 11.4 Å². The van der Waals surface area contributed by atoms with Crippen LogP contribution in [0.25, 0.3) is 11.3 Å². The summed E-state index contributed by atoms with van der Waals surface area (Å²) in [6.45, 7) is 2.91. The number of aryl methyl sites for hydroxylation is 1. The number of likely N-dealkylation sites (tertiary alicyclic amines) is 1. The van der Waals surface area contributed by atoms with E-state index in [1.807, 2.05) is 25.1 Å². The van der Waals surface area contributed by atoms with Crippen molar-refractivity contribution in [1.29, 1.82) is 0 Å². The lowest BCUT2D eigenvalue weighted by molar-refractivity contribution is -0.131. The average Bonchev–Trinajstić information content (AvgIpc) is 3.25. The maximum absolute atomic E-state index is 13.2. The number of halogens is 1. The third kappa shape index (κ3) is 4.34. The molecule has 31 heavy (non-hydrogen) atoms. The number of rotatable bonds is 4. The first-order chi connectivity index (χ1) is 14.8. The Labute approximate surface area is 179 Å². The van der Waals surface area contributed by atoms with Crippen molar-refractivity contribution in [3.63, 3.8) is 0 Å². The highest BCUT2D eigenvalue weighted by Gasteiger charge is 2.32. The summed E-state index contributed by atoms with van der Waals surface area (Å²) < 4.78 is 13.2. The molecule has 1 fully saturated rings. The number of carbonyl (C=O) groups is 1. The fourth-order valence-electron chi connectivity index (χ4n) is 3.90. The lowest BCUT2D eigenvalue weighted by Gasteiger charge is -2.21. The highest BCUT2D eigenvalue weighted by atomic mass is 19.1. The number of phenols is 1. The van der Waals surface area contributed by atoms with Gasteiger partial charge in [0.2, 0.25) is 11.9 Å². The average molecular weight is 421 g/mol. The summed E-state index contributed by atoms with van der Waals surface area (Å²) in [5.41, 5.74) is 15.5. The number of nitrogens with two attached hydrogens (primary N) is 2. The topological polar surface area (TPSA) is 118 Å². The molecule has 0 spiro atoms. The molecular formula is C23H24FN5O2. The van der Waals surface area contributed by atoms with E-state index < -0.39 is 6.04 Å². The van der Waals surface area contributed by atoms with E-state index in [2.05, 4.69) is 9.97 Å². The van der Waals surface area contributed by atoms with Crippen LogP contribution in [0, 0.1) is 12.7 Å². The van der Waals surface area contributed by atoms with Gasteiger partial charge < -0.3 is 21.5 Å². The van der Waals surface area contributed by atoms with E-state index in [0.717, 1.165) is 5.56 Å². The molecule has 1 aliphatic rings. The molecule has 2 heterocycles. The van der Waals surface area contributed by atoms with Crippen molar-refractivity contribution in [2.75, 3.05) is 18.8 Å². The van der Waals surface area contributed by atoms with Crippen LogP contribution in [0.5, 0.6) is 5.75 Å². The SMILES string of the molecule is Cc1ccc(O)c(-c2cc(C3CCN(C(=O)C(N)c4ccc(F)cc4)C3)nc(N)n2)c1. The largest absolute Gasteiger partial charge is 0.507 e. The van der Waals surface area contributed by atoms with E-state index in [-0.39, 0.29) is 29.3 Å². The van der Waals surface area contributed by atoms with Gasteiger partial charge in [0.25, 0.3) is 0 Å². The Bertz CT molecular complexity index is 1120. The maximum Gasteiger partial charge on any atom is 0.244 e. The fourth-order valence-corrected chi connectivity index (χ4v) is 3.90. The number of benzene rings is 2. The number of hydrogen-bond donors (Lipinski definition) is 3. The minimum atomic E-state index is -0.852. The van der Waals surface area contributed by atoms with E-state index in [1.54, 1.807) is 11.0 Å². The first kappa shape index (κ1) is 20.7. The Balaban J connectivity index is 1.54. The van der Waals surface area contributed by atoms with Gasteiger partial charge >= 0.3 is 0 Å². The smallest absolute Gasteiger partial charge is 0.244 e. The van der Waals surface area contributed by atoms with Crippen LogP contribution in [-0.2, 0) is 4.79 Å². The minimum Gasteiger partial charge on any atom is -0.507 e. The molecule has 8 heteroatoms. The zero-order chi connectivity index (χ0) is 22.1. The van der Waals surface area contributed by atoms with Gasteiger partial charge in [0.15, 0.2) is 0 Å². The summed E-state index contributed by atoms with van der Waals surface area (Å²) in [6.07, 6.45) is 0.706. The van der Waals surface area contributed by atoms with E-state index in [0.29, 0.717) is 42.0 Å². The summed E-state index contributed by atoms with van der Waals surface area (Å²) in [7, 11) is 0. The molecule has 1 saturated heterocycles. The molecule has 2 aromatic carbocycles. The molecule has 0 bridgehead atoms. The van der Waals surface area contributed by atoms with Crippen molar-refractivity contribution in [1.82, 2.24) is 14.9 Å². The molecule has 1 aliphatic heterocycles. The van der Waals surface area contributed by atoms with Gasteiger partial charge in [-0.1, -0.05) is 23.8 Å². The van der Waals surface area contributed by atoms with Crippen molar-refractivity contribution in [3.8, 4) is 17.0 Å². The highest BCUT2D eigenvalue weighted by molar-refractivity contribution is 5.83. The Hall–Kier alpha value is -3.52. The molecule has 3 aromatic rings. The number of nitrogen functional groups attached to an aromatic ring is 1. The van der Waals surface area contributed by atoms with Crippen LogP contribution in [0.4, 0.5) is 10.3 Å². The van der Waals surface area contributed by atoms with Crippen molar-refractivity contribution in [2.24, 2.45) is 5.73 Å². The van der Waals surface area contributed by atoms with E-state index >= 15 is 0 Å². The quantitative estimate of drug-likeness (QED) is 0.596. The van der Waals surface area contributed by atoms with Crippen LogP contribution >= 0.6 is 0 Å². The monoisotopic (exact) mass is 421 g/mol. The van der Waals surface area contributed by atoms with Gasteiger partial charge in [-0.2, -0.15) is 0 Å². The van der Waals surface area contributed by atoms with Gasteiger partial charge in [0, 0.05) is 24.6 Å². The number of aromatic nitrogens is 2. The van der Waals surface area contributed by atoms with E-state index in [1.165, 1.54) is 24.3 Å². The molecule has 2 unspecified atom stereocenters. The normalized spacial score (nSPS) is 17.0. The fraction of sp³-hybridized carbons (Fsp3) is 0.261. The number of carbonyl (C=O) groups excluding carboxylic acids is 1. The summed E-state index contributed by atoms with van der Waals surface area (Å²) in [5, 5.41) is 10.2. The molecule has 0 aliphatic carbocycles. The van der Waals surface area contributed by atoms with Gasteiger partial charge in [-0.25, -0.2) is 14.4 Å². The first-order valence-electron chi connectivity index (χ1n) is 10.1. The number of hydrogen-bond acceptors (Lipinski definition) is 6. The summed E-state index contributed by atoms with van der Waals surface area (Å²) in [6, 6.07) is 11.9. The van der Waals surface area contributed by atoms with E-state index in [4.69, 9.17) is 11.5 Å². The number of anilines is 1. The lowest BCUT2D eigenvalue weighted by Crippen LogP contribution is -2.37. The number of phenolic OH excluding ortho intramolecular Hbond substituents is 1. The molecule has 4 rings (SSSR count). The third-order valence-electron chi connectivity index (χ3n) is 5.60. The van der Waals surface area contributed by atoms with Crippen LogP contribution in [0.1, 0.15) is 35.2 Å².